The molecule has 4 saturated carbocycles. The second kappa shape index (κ2) is 6.01. The number of aromatic nitrogens is 2. The number of amides is 2. The van der Waals surface area contributed by atoms with E-state index >= 15 is 0 Å². The molecule has 27 heavy (non-hydrogen) atoms. The van der Waals surface area contributed by atoms with Crippen molar-refractivity contribution in [3.05, 3.63) is 30.3 Å². The smallest absolute Gasteiger partial charge is 0.320 e. The van der Waals surface area contributed by atoms with Crippen LogP contribution >= 0.6 is 0 Å². The Labute approximate surface area is 159 Å². The summed E-state index contributed by atoms with van der Waals surface area (Å²) in [6, 6.07) is 9.43. The number of H-pyrrole nitrogens is 1. The third-order valence-corrected chi connectivity index (χ3v) is 6.74. The van der Waals surface area contributed by atoms with Crippen LogP contribution in [0.2, 0.25) is 0 Å². The van der Waals surface area contributed by atoms with E-state index in [4.69, 9.17) is 4.74 Å². The summed E-state index contributed by atoms with van der Waals surface area (Å²) in [6.07, 6.45) is 8.88. The molecule has 1 aromatic heterocycles. The number of rotatable bonds is 4. The Bertz CT molecular complexity index is 846. The zero-order chi connectivity index (χ0) is 18.5. The van der Waals surface area contributed by atoms with E-state index in [1.54, 1.807) is 7.11 Å². The number of ether oxygens (including phenoxy) is 1. The number of methoxy groups -OCH3 is 1. The number of carbonyl (C=O) groups is 1. The lowest BCUT2D eigenvalue weighted by molar-refractivity contribution is -0.102. The number of nitrogens with one attached hydrogen (secondary N) is 3. The van der Waals surface area contributed by atoms with Crippen LogP contribution in [0.25, 0.3) is 11.3 Å². The first kappa shape index (κ1) is 16.7. The fourth-order valence-corrected chi connectivity index (χ4v) is 5.99. The zero-order valence-electron chi connectivity index (χ0n) is 15.7. The monoisotopic (exact) mass is 366 g/mol. The maximum Gasteiger partial charge on any atom is 0.320 e. The SMILES string of the molecule is COc1ccc(-c2cc(NC(=O)NC34CC5CCCC(C5)(C3)C4)[nH]n2)cc1. The van der Waals surface area contributed by atoms with Gasteiger partial charge in [-0.3, -0.25) is 10.4 Å². The van der Waals surface area contributed by atoms with E-state index in [-0.39, 0.29) is 11.6 Å². The second-order valence-corrected chi connectivity index (χ2v) is 8.77. The molecule has 0 saturated heterocycles. The van der Waals surface area contributed by atoms with Crippen LogP contribution in [0.3, 0.4) is 0 Å². The van der Waals surface area contributed by atoms with E-state index in [0.29, 0.717) is 11.2 Å². The van der Waals surface area contributed by atoms with Crippen LogP contribution in [0.5, 0.6) is 5.75 Å². The minimum absolute atomic E-state index is 0.0201. The van der Waals surface area contributed by atoms with Gasteiger partial charge in [-0.05, 0) is 67.7 Å². The Hall–Kier alpha value is -2.50. The van der Waals surface area contributed by atoms with Gasteiger partial charge in [-0.15, -0.1) is 0 Å². The van der Waals surface area contributed by atoms with Crippen molar-refractivity contribution in [1.82, 2.24) is 15.5 Å². The van der Waals surface area contributed by atoms with Crippen molar-refractivity contribution in [2.24, 2.45) is 11.3 Å². The first-order chi connectivity index (χ1) is 13.1. The van der Waals surface area contributed by atoms with Gasteiger partial charge < -0.3 is 10.1 Å². The van der Waals surface area contributed by atoms with E-state index in [1.165, 1.54) is 25.7 Å². The molecule has 6 rings (SSSR count). The minimum atomic E-state index is -0.130. The number of hydrogen-bond donors (Lipinski definition) is 3. The predicted molar refractivity (Wildman–Crippen MR) is 104 cm³/mol. The number of hydrogen-bond acceptors (Lipinski definition) is 3. The maximum atomic E-state index is 12.6. The number of urea groups is 1. The first-order valence-electron chi connectivity index (χ1n) is 9.86. The van der Waals surface area contributed by atoms with Gasteiger partial charge in [0, 0.05) is 17.2 Å². The second-order valence-electron chi connectivity index (χ2n) is 8.77. The number of anilines is 1. The summed E-state index contributed by atoms with van der Waals surface area (Å²) in [7, 11) is 1.65. The van der Waals surface area contributed by atoms with Gasteiger partial charge in [-0.2, -0.15) is 5.10 Å². The highest BCUT2D eigenvalue weighted by Crippen LogP contribution is 2.65. The van der Waals surface area contributed by atoms with Crippen LogP contribution in [0, 0.1) is 11.3 Å². The lowest BCUT2D eigenvalue weighted by Crippen LogP contribution is -2.67. The number of carbonyl (C=O) groups excluding carboxylic acids is 1. The average Bonchev–Trinajstić information content (AvgIpc) is 3.08. The van der Waals surface area contributed by atoms with Crippen LogP contribution in [-0.4, -0.2) is 28.9 Å². The molecule has 4 aliphatic carbocycles. The lowest BCUT2D eigenvalue weighted by Gasteiger charge is -2.65. The summed E-state index contributed by atoms with van der Waals surface area (Å²) in [5.41, 5.74) is 2.32. The van der Waals surface area contributed by atoms with Crippen molar-refractivity contribution >= 4 is 11.8 Å². The van der Waals surface area contributed by atoms with Crippen LogP contribution in [0.15, 0.2) is 30.3 Å². The zero-order valence-corrected chi connectivity index (χ0v) is 15.7. The third-order valence-electron chi connectivity index (χ3n) is 6.74. The molecule has 3 bridgehead atoms. The van der Waals surface area contributed by atoms with Crippen molar-refractivity contribution in [2.75, 3.05) is 12.4 Å². The van der Waals surface area contributed by atoms with E-state index < -0.39 is 0 Å². The van der Waals surface area contributed by atoms with Crippen LogP contribution < -0.4 is 15.4 Å². The molecule has 6 nitrogen and oxygen atoms in total. The van der Waals surface area contributed by atoms with E-state index in [2.05, 4.69) is 20.8 Å². The molecule has 4 fully saturated rings. The summed E-state index contributed by atoms with van der Waals surface area (Å²) in [6.45, 7) is 0. The Morgan fingerprint density at radius 1 is 1.26 bits per heavy atom. The van der Waals surface area contributed by atoms with Gasteiger partial charge in [0.15, 0.2) is 0 Å². The fourth-order valence-electron chi connectivity index (χ4n) is 5.99. The average molecular weight is 366 g/mol. The molecule has 0 radical (unpaired) electrons. The highest BCUT2D eigenvalue weighted by Gasteiger charge is 2.61. The summed E-state index contributed by atoms with van der Waals surface area (Å²) < 4.78 is 5.18. The van der Waals surface area contributed by atoms with E-state index in [9.17, 15) is 4.79 Å². The van der Waals surface area contributed by atoms with Gasteiger partial charge >= 0.3 is 6.03 Å². The molecule has 1 atom stereocenters. The van der Waals surface area contributed by atoms with Gasteiger partial charge in [0.1, 0.15) is 11.6 Å². The summed E-state index contributed by atoms with van der Waals surface area (Å²) in [5.74, 6) is 2.22. The molecule has 1 heterocycles. The molecule has 142 valence electrons. The standard InChI is InChI=1S/C21H26N4O2/c1-27-16-6-4-15(5-7-16)17-9-18(25-24-17)22-19(26)23-21-11-14-3-2-8-20(10-14,12-21)13-21/h4-7,9,14H,2-3,8,10-13H2,1H3,(H3,22,23,24,25,26). The van der Waals surface area contributed by atoms with Gasteiger partial charge in [-0.1, -0.05) is 12.8 Å². The minimum Gasteiger partial charge on any atom is -0.497 e. The summed E-state index contributed by atoms with van der Waals surface area (Å²) in [5, 5.41) is 13.4. The topological polar surface area (TPSA) is 79.0 Å². The summed E-state index contributed by atoms with van der Waals surface area (Å²) in [4.78, 5) is 12.6. The molecule has 4 aliphatic rings. The van der Waals surface area contributed by atoms with E-state index in [1.807, 2.05) is 30.3 Å². The maximum absolute atomic E-state index is 12.6. The highest BCUT2D eigenvalue weighted by molar-refractivity contribution is 5.89. The highest BCUT2D eigenvalue weighted by atomic mass is 16.5. The third kappa shape index (κ3) is 2.97. The predicted octanol–water partition coefficient (Wildman–Crippen LogP) is 4.32. The van der Waals surface area contributed by atoms with Crippen LogP contribution in [0.1, 0.15) is 44.9 Å². The lowest BCUT2D eigenvalue weighted by atomic mass is 9.43. The molecular formula is C21H26N4O2. The molecule has 1 unspecified atom stereocenters. The molecule has 1 spiro atoms. The largest absolute Gasteiger partial charge is 0.497 e. The normalized spacial score (nSPS) is 30.9. The first-order valence-corrected chi connectivity index (χ1v) is 9.86. The number of aromatic amines is 1. The van der Waals surface area contributed by atoms with Crippen molar-refractivity contribution in [3.8, 4) is 17.0 Å². The molecule has 2 aromatic rings. The van der Waals surface area contributed by atoms with E-state index in [0.717, 1.165) is 42.2 Å². The van der Waals surface area contributed by atoms with Crippen molar-refractivity contribution in [3.63, 3.8) is 0 Å². The Morgan fingerprint density at radius 3 is 2.81 bits per heavy atom. The molecule has 6 heteroatoms. The Kier molecular flexibility index (Phi) is 3.71. The Morgan fingerprint density at radius 2 is 2.07 bits per heavy atom. The van der Waals surface area contributed by atoms with Crippen molar-refractivity contribution in [2.45, 2.75) is 50.5 Å². The molecule has 2 amide bonds. The summed E-state index contributed by atoms with van der Waals surface area (Å²) >= 11 is 0. The van der Waals surface area contributed by atoms with Gasteiger partial charge in [0.05, 0.1) is 12.8 Å². The Balaban J connectivity index is 1.22. The quantitative estimate of drug-likeness (QED) is 0.754. The molecular weight excluding hydrogens is 340 g/mol. The molecule has 3 N–H and O–H groups in total. The number of benzene rings is 1. The van der Waals surface area contributed by atoms with Crippen LogP contribution in [-0.2, 0) is 0 Å². The molecule has 0 aliphatic heterocycles. The van der Waals surface area contributed by atoms with Gasteiger partial charge in [0.2, 0.25) is 0 Å². The van der Waals surface area contributed by atoms with Gasteiger partial charge in [0.25, 0.3) is 0 Å². The van der Waals surface area contributed by atoms with Crippen LogP contribution in [0.4, 0.5) is 10.6 Å². The van der Waals surface area contributed by atoms with Crippen molar-refractivity contribution in [1.29, 1.82) is 0 Å². The van der Waals surface area contributed by atoms with Crippen molar-refractivity contribution < 1.29 is 9.53 Å². The fraction of sp³-hybridized carbons (Fsp3) is 0.524. The molecule has 1 aromatic carbocycles. The van der Waals surface area contributed by atoms with Gasteiger partial charge in [-0.25, -0.2) is 4.79 Å². The number of nitrogens with zero attached hydrogens (tertiary/aromatic N) is 1.